The first kappa shape index (κ1) is 23.6. The normalized spacial score (nSPS) is 13.6. The lowest BCUT2D eigenvalue weighted by Crippen LogP contribution is -2.36. The molecule has 1 aromatic heterocycles. The summed E-state index contributed by atoms with van der Waals surface area (Å²) in [4.78, 5) is 20.0. The average molecular weight is 464 g/mol. The van der Waals surface area contributed by atoms with Crippen molar-refractivity contribution in [3.63, 3.8) is 0 Å². The summed E-state index contributed by atoms with van der Waals surface area (Å²) in [7, 11) is 7.52. The van der Waals surface area contributed by atoms with Crippen molar-refractivity contribution in [2.45, 2.75) is 6.92 Å². The number of benzene rings is 2. The monoisotopic (exact) mass is 463 g/mol. The molecule has 2 heterocycles. The molecule has 2 aromatic carbocycles. The van der Waals surface area contributed by atoms with Gasteiger partial charge in [-0.05, 0) is 43.3 Å². The van der Waals surface area contributed by atoms with Crippen LogP contribution in [0.25, 0.3) is 16.9 Å². The molecule has 1 aliphatic rings. The van der Waals surface area contributed by atoms with E-state index in [-0.39, 0.29) is 5.56 Å². The van der Waals surface area contributed by atoms with Gasteiger partial charge in [0.25, 0.3) is 5.56 Å². The maximum absolute atomic E-state index is 13.7. The third-order valence-electron chi connectivity index (χ3n) is 6.19. The van der Waals surface area contributed by atoms with Crippen LogP contribution in [0.5, 0.6) is 5.75 Å². The summed E-state index contributed by atoms with van der Waals surface area (Å²) in [6.45, 7) is 5.75. The fourth-order valence-corrected chi connectivity index (χ4v) is 4.09. The molecule has 0 aliphatic carbocycles. The van der Waals surface area contributed by atoms with E-state index >= 15 is 0 Å². The van der Waals surface area contributed by atoms with E-state index in [1.807, 2.05) is 68.2 Å². The minimum atomic E-state index is -0.154. The van der Waals surface area contributed by atoms with Crippen LogP contribution in [0.3, 0.4) is 0 Å². The van der Waals surface area contributed by atoms with Gasteiger partial charge in [-0.1, -0.05) is 12.1 Å². The van der Waals surface area contributed by atoms with Gasteiger partial charge >= 0.3 is 0 Å². The first-order chi connectivity index (χ1) is 16.4. The van der Waals surface area contributed by atoms with Crippen LogP contribution in [0.1, 0.15) is 6.92 Å². The first-order valence-corrected chi connectivity index (χ1v) is 11.6. The van der Waals surface area contributed by atoms with Crippen molar-refractivity contribution < 1.29 is 9.47 Å². The van der Waals surface area contributed by atoms with E-state index in [0.717, 1.165) is 41.5 Å². The largest absolute Gasteiger partial charge is 0.497 e. The van der Waals surface area contributed by atoms with Crippen molar-refractivity contribution in [2.75, 3.05) is 75.8 Å². The predicted molar refractivity (Wildman–Crippen MR) is 138 cm³/mol. The minimum Gasteiger partial charge on any atom is -0.497 e. The molecule has 0 saturated carbocycles. The van der Waals surface area contributed by atoms with Crippen molar-refractivity contribution in [1.82, 2.24) is 9.78 Å². The van der Waals surface area contributed by atoms with Crippen LogP contribution in [0, 0.1) is 0 Å². The number of morpholine rings is 1. The zero-order valence-corrected chi connectivity index (χ0v) is 20.6. The first-order valence-electron chi connectivity index (χ1n) is 11.6. The molecule has 0 spiro atoms. The molecule has 3 aromatic rings. The second-order valence-corrected chi connectivity index (χ2v) is 8.54. The Morgan fingerprint density at radius 2 is 1.79 bits per heavy atom. The van der Waals surface area contributed by atoms with Gasteiger partial charge in [0.2, 0.25) is 0 Å². The van der Waals surface area contributed by atoms with Gasteiger partial charge in [-0.2, -0.15) is 9.78 Å². The van der Waals surface area contributed by atoms with Crippen molar-refractivity contribution in [3.8, 4) is 22.7 Å². The molecule has 8 heteroatoms. The summed E-state index contributed by atoms with van der Waals surface area (Å²) in [5, 5.41) is 4.85. The van der Waals surface area contributed by atoms with Gasteiger partial charge in [0.05, 0.1) is 37.4 Å². The standard InChI is InChI=1S/C26H33N5O3/c1-6-29(4)25-18-22(19-8-7-9-21(16-19)33-5)27-31(26(25)32)24-17-20(10-11-23(24)28(2)3)30-12-14-34-15-13-30/h7-11,16-18H,6,12-15H2,1-5H3. The fraction of sp³-hybridized carbons (Fsp3) is 0.385. The zero-order chi connectivity index (χ0) is 24.2. The highest BCUT2D eigenvalue weighted by Gasteiger charge is 2.20. The molecule has 0 N–H and O–H groups in total. The van der Waals surface area contributed by atoms with E-state index in [2.05, 4.69) is 23.1 Å². The molecule has 0 unspecified atom stereocenters. The Bertz CT molecular complexity index is 1200. The van der Waals surface area contributed by atoms with Crippen LogP contribution >= 0.6 is 0 Å². The molecule has 0 amide bonds. The Balaban J connectivity index is 1.94. The Labute approximate surface area is 200 Å². The minimum absolute atomic E-state index is 0.154. The van der Waals surface area contributed by atoms with Crippen molar-refractivity contribution in [3.05, 3.63) is 58.9 Å². The molecule has 0 atom stereocenters. The van der Waals surface area contributed by atoms with E-state index in [1.54, 1.807) is 7.11 Å². The number of rotatable bonds is 7. The summed E-state index contributed by atoms with van der Waals surface area (Å²) < 4.78 is 12.5. The lowest BCUT2D eigenvalue weighted by molar-refractivity contribution is 0.122. The van der Waals surface area contributed by atoms with Gasteiger partial charge in [-0.25, -0.2) is 0 Å². The molecular formula is C26H33N5O3. The molecule has 1 saturated heterocycles. The van der Waals surface area contributed by atoms with E-state index in [4.69, 9.17) is 14.6 Å². The van der Waals surface area contributed by atoms with Gasteiger partial charge in [-0.15, -0.1) is 0 Å². The van der Waals surface area contributed by atoms with Crippen LogP contribution in [0.2, 0.25) is 0 Å². The summed E-state index contributed by atoms with van der Waals surface area (Å²) in [5.41, 5.74) is 4.74. The number of anilines is 3. The molecule has 1 aliphatic heterocycles. The van der Waals surface area contributed by atoms with Gasteiger partial charge in [0.15, 0.2) is 0 Å². The fourth-order valence-electron chi connectivity index (χ4n) is 4.09. The number of hydrogen-bond donors (Lipinski definition) is 0. The van der Waals surface area contributed by atoms with Crippen molar-refractivity contribution in [2.24, 2.45) is 0 Å². The smallest absolute Gasteiger partial charge is 0.295 e. The highest BCUT2D eigenvalue weighted by Crippen LogP contribution is 2.30. The number of methoxy groups -OCH3 is 1. The third-order valence-corrected chi connectivity index (χ3v) is 6.19. The predicted octanol–water partition coefficient (Wildman–Crippen LogP) is 3.27. The van der Waals surface area contributed by atoms with Gasteiger partial charge in [0, 0.05) is 52.0 Å². The molecular weight excluding hydrogens is 430 g/mol. The Morgan fingerprint density at radius 3 is 2.47 bits per heavy atom. The second kappa shape index (κ2) is 10.2. The molecule has 1 fully saturated rings. The zero-order valence-electron chi connectivity index (χ0n) is 20.6. The average Bonchev–Trinajstić information content (AvgIpc) is 2.88. The maximum Gasteiger partial charge on any atom is 0.295 e. The topological polar surface area (TPSA) is 63.1 Å². The number of aromatic nitrogens is 2. The van der Waals surface area contributed by atoms with Crippen LogP contribution in [0.15, 0.2) is 53.3 Å². The van der Waals surface area contributed by atoms with Crippen LogP contribution < -0.4 is 25.0 Å². The third kappa shape index (κ3) is 4.72. The summed E-state index contributed by atoms with van der Waals surface area (Å²) in [6, 6.07) is 15.8. The molecule has 34 heavy (non-hydrogen) atoms. The van der Waals surface area contributed by atoms with Crippen molar-refractivity contribution in [1.29, 1.82) is 0 Å². The van der Waals surface area contributed by atoms with Gasteiger partial charge < -0.3 is 24.2 Å². The van der Waals surface area contributed by atoms with E-state index < -0.39 is 0 Å². The Kier molecular flexibility index (Phi) is 7.07. The van der Waals surface area contributed by atoms with Crippen LogP contribution in [-0.4, -0.2) is 70.9 Å². The molecule has 8 nitrogen and oxygen atoms in total. The lowest BCUT2D eigenvalue weighted by atomic mass is 10.1. The SMILES string of the molecule is CCN(C)c1cc(-c2cccc(OC)c2)nn(-c2cc(N3CCOCC3)ccc2N(C)C)c1=O. The summed E-state index contributed by atoms with van der Waals surface area (Å²) >= 11 is 0. The Hall–Kier alpha value is -3.52. The van der Waals surface area contributed by atoms with Gasteiger partial charge in [0.1, 0.15) is 11.4 Å². The Morgan fingerprint density at radius 1 is 1.03 bits per heavy atom. The maximum atomic E-state index is 13.7. The van der Waals surface area contributed by atoms with Gasteiger partial charge in [-0.3, -0.25) is 4.79 Å². The number of ether oxygens (including phenoxy) is 2. The van der Waals surface area contributed by atoms with E-state index in [9.17, 15) is 4.79 Å². The second-order valence-electron chi connectivity index (χ2n) is 8.54. The molecule has 180 valence electrons. The lowest BCUT2D eigenvalue weighted by Gasteiger charge is -2.30. The number of hydrogen-bond acceptors (Lipinski definition) is 7. The highest BCUT2D eigenvalue weighted by molar-refractivity contribution is 5.71. The molecule has 4 rings (SSSR count). The summed E-state index contributed by atoms with van der Waals surface area (Å²) in [6.07, 6.45) is 0. The van der Waals surface area contributed by atoms with E-state index in [0.29, 0.717) is 31.1 Å². The molecule has 0 bridgehead atoms. The van der Waals surface area contributed by atoms with Crippen molar-refractivity contribution >= 4 is 17.1 Å². The quantitative estimate of drug-likeness (QED) is 0.533. The van der Waals surface area contributed by atoms with Crippen LogP contribution in [-0.2, 0) is 4.74 Å². The highest BCUT2D eigenvalue weighted by atomic mass is 16.5. The summed E-state index contributed by atoms with van der Waals surface area (Å²) in [5.74, 6) is 0.741. The number of nitrogens with zero attached hydrogens (tertiary/aromatic N) is 5. The van der Waals surface area contributed by atoms with E-state index in [1.165, 1.54) is 4.68 Å². The molecule has 0 radical (unpaired) electrons. The van der Waals surface area contributed by atoms with Crippen LogP contribution in [0.4, 0.5) is 17.1 Å².